The fourth-order valence-corrected chi connectivity index (χ4v) is 1.66. The van der Waals surface area contributed by atoms with Gasteiger partial charge in [0.25, 0.3) is 0 Å². The molecule has 2 rings (SSSR count). The van der Waals surface area contributed by atoms with Crippen LogP contribution in [0.1, 0.15) is 22.8 Å². The Morgan fingerprint density at radius 1 is 1.17 bits per heavy atom. The Morgan fingerprint density at radius 2 is 1.94 bits per heavy atom. The van der Waals surface area contributed by atoms with Gasteiger partial charge in [-0.15, -0.1) is 0 Å². The lowest BCUT2D eigenvalue weighted by Gasteiger charge is -2.03. The predicted molar refractivity (Wildman–Crippen MR) is 69.9 cm³/mol. The summed E-state index contributed by atoms with van der Waals surface area (Å²) >= 11 is 0. The van der Waals surface area contributed by atoms with Gasteiger partial charge in [0.1, 0.15) is 0 Å². The Labute approximate surface area is 106 Å². The first kappa shape index (κ1) is 12.3. The average molecular weight is 241 g/mol. The molecule has 3 nitrogen and oxygen atoms in total. The first-order valence-corrected chi connectivity index (χ1v) is 5.95. The van der Waals surface area contributed by atoms with Crippen molar-refractivity contribution >= 4 is 5.78 Å². The molecule has 0 fully saturated rings. The number of hydrogen-bond acceptors (Lipinski definition) is 3. The Balaban J connectivity index is 2.05. The smallest absolute Gasteiger partial charge is 0.213 e. The van der Waals surface area contributed by atoms with Gasteiger partial charge in [0.2, 0.25) is 5.88 Å². The molecule has 1 aromatic heterocycles. The molecule has 0 N–H and O–H groups in total. The molecule has 0 saturated carbocycles. The number of carbonyl (C=O) groups excluding carboxylic acids is 1. The third-order valence-corrected chi connectivity index (χ3v) is 2.56. The molecule has 92 valence electrons. The van der Waals surface area contributed by atoms with Gasteiger partial charge in [-0.3, -0.25) is 4.79 Å². The van der Waals surface area contributed by atoms with Gasteiger partial charge >= 0.3 is 0 Å². The number of Topliss-reactive ketones (excluding diaryl/α,β-unsaturated/α-hetero) is 1. The zero-order valence-corrected chi connectivity index (χ0v) is 10.3. The van der Waals surface area contributed by atoms with Crippen molar-refractivity contribution in [2.75, 3.05) is 6.61 Å². The zero-order chi connectivity index (χ0) is 12.8. The minimum atomic E-state index is 0.0664. The van der Waals surface area contributed by atoms with E-state index in [0.29, 0.717) is 24.5 Å². The largest absolute Gasteiger partial charge is 0.478 e. The fourth-order valence-electron chi connectivity index (χ4n) is 1.66. The highest BCUT2D eigenvalue weighted by Gasteiger charge is 2.07. The summed E-state index contributed by atoms with van der Waals surface area (Å²) in [6.45, 7) is 2.47. The molecule has 0 amide bonds. The lowest BCUT2D eigenvalue weighted by Crippen LogP contribution is -2.04. The molecule has 0 aliphatic heterocycles. The topological polar surface area (TPSA) is 39.2 Å². The number of pyridine rings is 1. The van der Waals surface area contributed by atoms with Crippen LogP contribution in [-0.4, -0.2) is 17.4 Å². The first-order chi connectivity index (χ1) is 8.79. The summed E-state index contributed by atoms with van der Waals surface area (Å²) in [5.41, 5.74) is 1.62. The van der Waals surface area contributed by atoms with Crippen LogP contribution in [0.4, 0.5) is 0 Å². The van der Waals surface area contributed by atoms with Crippen molar-refractivity contribution in [3.8, 4) is 5.88 Å². The lowest BCUT2D eigenvalue weighted by molar-refractivity contribution is 0.0992. The van der Waals surface area contributed by atoms with Gasteiger partial charge in [0, 0.05) is 24.2 Å². The SMILES string of the molecule is CCOc1ccc(C(=O)Cc2ccccc2)cn1. The van der Waals surface area contributed by atoms with Crippen molar-refractivity contribution in [3.63, 3.8) is 0 Å². The number of aromatic nitrogens is 1. The normalized spacial score (nSPS) is 10.1. The molecule has 0 atom stereocenters. The van der Waals surface area contributed by atoms with Crippen molar-refractivity contribution in [2.45, 2.75) is 13.3 Å². The average Bonchev–Trinajstić information content (AvgIpc) is 2.41. The number of ether oxygens (including phenoxy) is 1. The van der Waals surface area contributed by atoms with E-state index in [0.717, 1.165) is 5.56 Å². The zero-order valence-electron chi connectivity index (χ0n) is 10.3. The Hall–Kier alpha value is -2.16. The van der Waals surface area contributed by atoms with Crippen molar-refractivity contribution in [2.24, 2.45) is 0 Å². The number of rotatable bonds is 5. The number of nitrogens with zero attached hydrogens (tertiary/aromatic N) is 1. The molecule has 0 saturated heterocycles. The second kappa shape index (κ2) is 5.96. The molecule has 0 aliphatic rings. The molecule has 0 spiro atoms. The Morgan fingerprint density at radius 3 is 2.56 bits per heavy atom. The van der Waals surface area contributed by atoms with E-state index in [1.165, 1.54) is 0 Å². The van der Waals surface area contributed by atoms with E-state index < -0.39 is 0 Å². The number of carbonyl (C=O) groups is 1. The van der Waals surface area contributed by atoms with Crippen LogP contribution in [0.3, 0.4) is 0 Å². The second-order valence-electron chi connectivity index (χ2n) is 3.90. The highest BCUT2D eigenvalue weighted by molar-refractivity contribution is 5.97. The molecule has 18 heavy (non-hydrogen) atoms. The van der Waals surface area contributed by atoms with E-state index in [1.54, 1.807) is 18.3 Å². The summed E-state index contributed by atoms with van der Waals surface area (Å²) in [5, 5.41) is 0. The fraction of sp³-hybridized carbons (Fsp3) is 0.200. The molecule has 0 unspecified atom stereocenters. The van der Waals surface area contributed by atoms with Crippen LogP contribution in [0.2, 0.25) is 0 Å². The molecule has 0 radical (unpaired) electrons. The summed E-state index contributed by atoms with van der Waals surface area (Å²) in [6, 6.07) is 13.2. The Bertz CT molecular complexity index is 506. The molecule has 1 aromatic carbocycles. The minimum absolute atomic E-state index is 0.0664. The minimum Gasteiger partial charge on any atom is -0.478 e. The third-order valence-electron chi connectivity index (χ3n) is 2.56. The standard InChI is InChI=1S/C15H15NO2/c1-2-18-15-9-8-13(11-16-15)14(17)10-12-6-4-3-5-7-12/h3-9,11H,2,10H2,1H3. The van der Waals surface area contributed by atoms with Gasteiger partial charge in [0.15, 0.2) is 5.78 Å². The van der Waals surface area contributed by atoms with Crippen molar-refractivity contribution in [1.82, 2.24) is 4.98 Å². The van der Waals surface area contributed by atoms with Crippen LogP contribution < -0.4 is 4.74 Å². The molecular weight excluding hydrogens is 226 g/mol. The van der Waals surface area contributed by atoms with Crippen LogP contribution >= 0.6 is 0 Å². The molecule has 2 aromatic rings. The number of ketones is 1. The van der Waals surface area contributed by atoms with Crippen LogP contribution in [0.5, 0.6) is 5.88 Å². The summed E-state index contributed by atoms with van der Waals surface area (Å²) < 4.78 is 5.24. The first-order valence-electron chi connectivity index (χ1n) is 5.95. The van der Waals surface area contributed by atoms with Crippen molar-refractivity contribution in [1.29, 1.82) is 0 Å². The predicted octanol–water partition coefficient (Wildman–Crippen LogP) is 2.91. The van der Waals surface area contributed by atoms with Gasteiger partial charge in [0.05, 0.1) is 6.61 Å². The summed E-state index contributed by atoms with van der Waals surface area (Å²) in [6.07, 6.45) is 1.97. The molecule has 0 aliphatic carbocycles. The van der Waals surface area contributed by atoms with Crippen LogP contribution in [0.15, 0.2) is 48.7 Å². The van der Waals surface area contributed by atoms with Gasteiger partial charge in [-0.05, 0) is 18.6 Å². The Kier molecular flexibility index (Phi) is 4.07. The van der Waals surface area contributed by atoms with Gasteiger partial charge in [-0.2, -0.15) is 0 Å². The van der Waals surface area contributed by atoms with Crippen LogP contribution in [-0.2, 0) is 6.42 Å². The summed E-state index contributed by atoms with van der Waals surface area (Å²) in [4.78, 5) is 16.1. The van der Waals surface area contributed by atoms with E-state index in [4.69, 9.17) is 4.74 Å². The monoisotopic (exact) mass is 241 g/mol. The van der Waals surface area contributed by atoms with E-state index in [9.17, 15) is 4.79 Å². The maximum Gasteiger partial charge on any atom is 0.213 e. The van der Waals surface area contributed by atoms with Gasteiger partial charge in [-0.25, -0.2) is 4.98 Å². The maximum atomic E-state index is 12.0. The summed E-state index contributed by atoms with van der Waals surface area (Å²) in [7, 11) is 0. The molecular formula is C15H15NO2. The quantitative estimate of drug-likeness (QED) is 0.755. The van der Waals surface area contributed by atoms with Gasteiger partial charge < -0.3 is 4.74 Å². The van der Waals surface area contributed by atoms with E-state index >= 15 is 0 Å². The van der Waals surface area contributed by atoms with E-state index in [2.05, 4.69) is 4.98 Å². The number of hydrogen-bond donors (Lipinski definition) is 0. The van der Waals surface area contributed by atoms with Crippen molar-refractivity contribution < 1.29 is 9.53 Å². The van der Waals surface area contributed by atoms with Crippen LogP contribution in [0, 0.1) is 0 Å². The molecule has 0 bridgehead atoms. The third kappa shape index (κ3) is 3.17. The van der Waals surface area contributed by atoms with E-state index in [1.807, 2.05) is 37.3 Å². The maximum absolute atomic E-state index is 12.0. The van der Waals surface area contributed by atoms with Crippen molar-refractivity contribution in [3.05, 3.63) is 59.8 Å². The van der Waals surface area contributed by atoms with Crippen LogP contribution in [0.25, 0.3) is 0 Å². The lowest BCUT2D eigenvalue weighted by atomic mass is 10.0. The molecule has 3 heteroatoms. The van der Waals surface area contributed by atoms with E-state index in [-0.39, 0.29) is 5.78 Å². The number of benzene rings is 1. The highest BCUT2D eigenvalue weighted by atomic mass is 16.5. The van der Waals surface area contributed by atoms with Gasteiger partial charge in [-0.1, -0.05) is 30.3 Å². The summed E-state index contributed by atoms with van der Waals surface area (Å²) in [5.74, 6) is 0.616. The second-order valence-corrected chi connectivity index (χ2v) is 3.90. The highest BCUT2D eigenvalue weighted by Crippen LogP contribution is 2.10. The molecule has 1 heterocycles.